The molecule has 4 rings (SSSR count). The number of fused-ring (bicyclic) bond motifs is 2. The third kappa shape index (κ3) is 2.98. The molecule has 1 atom stereocenters. The first-order valence-electron chi connectivity index (χ1n) is 8.73. The highest BCUT2D eigenvalue weighted by atomic mass is 16.2. The minimum absolute atomic E-state index is 0.145. The molecule has 1 unspecified atom stereocenters. The van der Waals surface area contributed by atoms with Crippen molar-refractivity contribution in [1.82, 2.24) is 4.57 Å². The molecule has 1 heterocycles. The lowest BCUT2D eigenvalue weighted by atomic mass is 10.0. The van der Waals surface area contributed by atoms with Crippen molar-refractivity contribution in [3.05, 3.63) is 88.6 Å². The number of benzene rings is 3. The standard InChI is InChI=1S/C22H19N3O2/c23-15-10-11-20-17(13-15)21(26)16-8-4-5-9-19(16)25(20)22(27)18(24)12-14-6-2-1-3-7-14/h1-11,13,18H,12,23-24H2. The summed E-state index contributed by atoms with van der Waals surface area (Å²) < 4.78 is 1.54. The summed E-state index contributed by atoms with van der Waals surface area (Å²) in [5.74, 6) is -0.259. The fourth-order valence-corrected chi connectivity index (χ4v) is 3.42. The third-order valence-electron chi connectivity index (χ3n) is 4.73. The molecule has 0 aliphatic rings. The molecule has 134 valence electrons. The van der Waals surface area contributed by atoms with Gasteiger partial charge in [0.25, 0.3) is 0 Å². The Morgan fingerprint density at radius 3 is 2.33 bits per heavy atom. The summed E-state index contributed by atoms with van der Waals surface area (Å²) in [7, 11) is 0. The van der Waals surface area contributed by atoms with Crippen LogP contribution >= 0.6 is 0 Å². The molecule has 0 bridgehead atoms. The summed E-state index contributed by atoms with van der Waals surface area (Å²) >= 11 is 0. The minimum atomic E-state index is -0.737. The lowest BCUT2D eigenvalue weighted by Gasteiger charge is -2.18. The van der Waals surface area contributed by atoms with Gasteiger partial charge in [-0.15, -0.1) is 0 Å². The van der Waals surface area contributed by atoms with Crippen LogP contribution in [0.5, 0.6) is 0 Å². The topological polar surface area (TPSA) is 91.1 Å². The molecule has 1 aromatic heterocycles. The zero-order chi connectivity index (χ0) is 19.0. The zero-order valence-corrected chi connectivity index (χ0v) is 14.6. The number of anilines is 1. The number of carbonyl (C=O) groups is 1. The number of nitrogens with zero attached hydrogens (tertiary/aromatic N) is 1. The number of nitrogen functional groups attached to an aromatic ring is 1. The van der Waals surface area contributed by atoms with Crippen molar-refractivity contribution in [2.45, 2.75) is 12.5 Å². The van der Waals surface area contributed by atoms with Crippen molar-refractivity contribution in [2.75, 3.05) is 5.73 Å². The van der Waals surface area contributed by atoms with E-state index in [-0.39, 0.29) is 11.3 Å². The van der Waals surface area contributed by atoms with Crippen molar-refractivity contribution in [2.24, 2.45) is 5.73 Å². The molecule has 0 aliphatic heterocycles. The van der Waals surface area contributed by atoms with Crippen molar-refractivity contribution < 1.29 is 4.79 Å². The van der Waals surface area contributed by atoms with Crippen LogP contribution in [0.2, 0.25) is 0 Å². The fourth-order valence-electron chi connectivity index (χ4n) is 3.42. The first kappa shape index (κ1) is 17.0. The first-order chi connectivity index (χ1) is 13.1. The van der Waals surface area contributed by atoms with Crippen molar-refractivity contribution >= 4 is 33.4 Å². The Morgan fingerprint density at radius 1 is 0.889 bits per heavy atom. The van der Waals surface area contributed by atoms with Crippen LogP contribution in [0.25, 0.3) is 21.8 Å². The van der Waals surface area contributed by atoms with Crippen LogP contribution in [0.3, 0.4) is 0 Å². The maximum Gasteiger partial charge on any atom is 0.248 e. The van der Waals surface area contributed by atoms with E-state index in [2.05, 4.69) is 0 Å². The molecule has 0 saturated heterocycles. The van der Waals surface area contributed by atoms with Gasteiger partial charge in [0.05, 0.1) is 17.1 Å². The molecule has 4 N–H and O–H groups in total. The van der Waals surface area contributed by atoms with E-state index in [0.29, 0.717) is 33.9 Å². The van der Waals surface area contributed by atoms with Gasteiger partial charge in [-0.1, -0.05) is 42.5 Å². The van der Waals surface area contributed by atoms with Gasteiger partial charge in [0.15, 0.2) is 5.43 Å². The number of pyridine rings is 1. The SMILES string of the molecule is Nc1ccc2c(c1)c(=O)c1ccccc1n2C(=O)C(N)Cc1ccccc1. The van der Waals surface area contributed by atoms with Crippen molar-refractivity contribution in [3.8, 4) is 0 Å². The van der Waals surface area contributed by atoms with Gasteiger partial charge < -0.3 is 11.5 Å². The van der Waals surface area contributed by atoms with Crippen molar-refractivity contribution in [1.29, 1.82) is 0 Å². The fraction of sp³-hybridized carbons (Fsp3) is 0.0909. The third-order valence-corrected chi connectivity index (χ3v) is 4.73. The number of hydrogen-bond acceptors (Lipinski definition) is 4. The number of para-hydroxylation sites is 1. The van der Waals surface area contributed by atoms with E-state index >= 15 is 0 Å². The van der Waals surface area contributed by atoms with Crippen LogP contribution in [-0.4, -0.2) is 16.5 Å². The molecule has 4 aromatic rings. The molecule has 0 aliphatic carbocycles. The first-order valence-corrected chi connectivity index (χ1v) is 8.73. The van der Waals surface area contributed by atoms with E-state index in [1.54, 1.807) is 47.0 Å². The Balaban J connectivity index is 1.92. The van der Waals surface area contributed by atoms with Gasteiger partial charge >= 0.3 is 0 Å². The van der Waals surface area contributed by atoms with Crippen LogP contribution in [0.1, 0.15) is 10.4 Å². The largest absolute Gasteiger partial charge is 0.399 e. The zero-order valence-electron chi connectivity index (χ0n) is 14.6. The Kier molecular flexibility index (Phi) is 4.22. The lowest BCUT2D eigenvalue weighted by molar-refractivity contribution is 0.0889. The Bertz CT molecular complexity index is 1210. The van der Waals surface area contributed by atoms with Crippen molar-refractivity contribution in [3.63, 3.8) is 0 Å². The second-order valence-electron chi connectivity index (χ2n) is 6.59. The molecule has 0 fully saturated rings. The molecule has 5 heteroatoms. The van der Waals surface area contributed by atoms with Crippen LogP contribution in [0, 0.1) is 0 Å². The second-order valence-corrected chi connectivity index (χ2v) is 6.59. The molecule has 0 saturated carbocycles. The van der Waals surface area contributed by atoms with Crippen LogP contribution in [0.15, 0.2) is 77.6 Å². The van der Waals surface area contributed by atoms with E-state index in [0.717, 1.165) is 5.56 Å². The molecular formula is C22H19N3O2. The van der Waals surface area contributed by atoms with Gasteiger partial charge in [-0.3, -0.25) is 14.2 Å². The van der Waals surface area contributed by atoms with E-state index in [1.807, 2.05) is 30.3 Å². The van der Waals surface area contributed by atoms with Gasteiger partial charge in [-0.25, -0.2) is 0 Å². The number of hydrogen-bond donors (Lipinski definition) is 2. The highest BCUT2D eigenvalue weighted by Crippen LogP contribution is 2.22. The summed E-state index contributed by atoms with van der Waals surface area (Å²) in [6, 6.07) is 20.9. The van der Waals surface area contributed by atoms with Gasteiger partial charge in [-0.05, 0) is 42.3 Å². The van der Waals surface area contributed by atoms with Gasteiger partial charge in [-0.2, -0.15) is 0 Å². The average Bonchev–Trinajstić information content (AvgIpc) is 2.69. The summed E-state index contributed by atoms with van der Waals surface area (Å²) in [5.41, 5.74) is 14.5. The van der Waals surface area contributed by atoms with E-state index in [9.17, 15) is 9.59 Å². The molecule has 0 spiro atoms. The number of aromatic nitrogens is 1. The molecule has 5 nitrogen and oxygen atoms in total. The average molecular weight is 357 g/mol. The quantitative estimate of drug-likeness (QED) is 0.436. The van der Waals surface area contributed by atoms with Gasteiger partial charge in [0.1, 0.15) is 0 Å². The summed E-state index contributed by atoms with van der Waals surface area (Å²) in [6.45, 7) is 0. The molecule has 3 aromatic carbocycles. The monoisotopic (exact) mass is 357 g/mol. The second kappa shape index (κ2) is 6.70. The Hall–Kier alpha value is -3.44. The number of rotatable bonds is 3. The van der Waals surface area contributed by atoms with Crippen LogP contribution in [0.4, 0.5) is 5.69 Å². The van der Waals surface area contributed by atoms with E-state index < -0.39 is 6.04 Å². The maximum atomic E-state index is 13.3. The van der Waals surface area contributed by atoms with E-state index in [4.69, 9.17) is 11.5 Å². The van der Waals surface area contributed by atoms with Crippen LogP contribution in [-0.2, 0) is 6.42 Å². The van der Waals surface area contributed by atoms with Gasteiger partial charge in [0, 0.05) is 16.5 Å². The minimum Gasteiger partial charge on any atom is -0.399 e. The van der Waals surface area contributed by atoms with Crippen LogP contribution < -0.4 is 16.9 Å². The Labute approximate surface area is 155 Å². The molecular weight excluding hydrogens is 338 g/mol. The normalized spacial score (nSPS) is 12.3. The Morgan fingerprint density at radius 2 is 1.56 bits per heavy atom. The number of nitrogens with two attached hydrogens (primary N) is 2. The maximum absolute atomic E-state index is 13.3. The summed E-state index contributed by atoms with van der Waals surface area (Å²) in [4.78, 5) is 26.1. The van der Waals surface area contributed by atoms with Gasteiger partial charge in [0.2, 0.25) is 5.91 Å². The lowest BCUT2D eigenvalue weighted by Crippen LogP contribution is -2.37. The molecule has 27 heavy (non-hydrogen) atoms. The van der Waals surface area contributed by atoms with E-state index in [1.165, 1.54) is 0 Å². The summed E-state index contributed by atoms with van der Waals surface area (Å²) in [5, 5.41) is 0.879. The summed E-state index contributed by atoms with van der Waals surface area (Å²) in [6.07, 6.45) is 0.413. The molecule has 0 radical (unpaired) electrons. The number of carbonyl (C=O) groups excluding carboxylic acids is 1. The highest BCUT2D eigenvalue weighted by molar-refractivity contribution is 6.04. The molecule has 0 amide bonds. The predicted octanol–water partition coefficient (Wildman–Crippen LogP) is 2.95. The predicted molar refractivity (Wildman–Crippen MR) is 109 cm³/mol. The smallest absolute Gasteiger partial charge is 0.248 e. The highest BCUT2D eigenvalue weighted by Gasteiger charge is 2.21.